The maximum absolute atomic E-state index is 6.11. The number of rotatable bonds is 6. The van der Waals surface area contributed by atoms with Gasteiger partial charge in [-0.15, -0.1) is 11.3 Å². The molecule has 0 atom stereocenters. The number of hydrogen-bond acceptors (Lipinski definition) is 4. The molecule has 0 aliphatic heterocycles. The van der Waals surface area contributed by atoms with Crippen LogP contribution in [0.2, 0.25) is 0 Å². The summed E-state index contributed by atoms with van der Waals surface area (Å²) >= 11 is 1.62. The maximum atomic E-state index is 6.11. The highest BCUT2D eigenvalue weighted by molar-refractivity contribution is 7.15. The van der Waals surface area contributed by atoms with Gasteiger partial charge in [-0.1, -0.05) is 32.0 Å². The first kappa shape index (κ1) is 14.1. The van der Waals surface area contributed by atoms with Crippen LogP contribution in [-0.2, 0) is 13.0 Å². The highest BCUT2D eigenvalue weighted by atomic mass is 32.1. The second-order valence-corrected chi connectivity index (χ2v) is 5.64. The van der Waals surface area contributed by atoms with Gasteiger partial charge in [-0.05, 0) is 24.6 Å². The first-order chi connectivity index (χ1) is 10.3. The van der Waals surface area contributed by atoms with E-state index in [4.69, 9.17) is 4.74 Å². The van der Waals surface area contributed by atoms with E-state index >= 15 is 0 Å². The summed E-state index contributed by atoms with van der Waals surface area (Å²) in [6.07, 6.45) is 2.99. The fraction of sp³-hybridized carbons (Fsp3) is 0.312. The van der Waals surface area contributed by atoms with Crippen molar-refractivity contribution < 1.29 is 4.74 Å². The molecule has 2 aromatic heterocycles. The zero-order valence-electron chi connectivity index (χ0n) is 12.3. The molecule has 0 aliphatic rings. The number of aryl methyl sites for hydroxylation is 1. The molecule has 5 heteroatoms. The standard InChI is InChI=1S/C16H19N3OS/c1-3-12-7-5-6-8-14(12)20-15-13(11-17-4-2)19-9-10-21-16(19)18-15/h5-10,17H,3-4,11H2,1-2H3. The third-order valence-corrected chi connectivity index (χ3v) is 4.18. The average Bonchev–Trinajstić information content (AvgIpc) is 3.07. The van der Waals surface area contributed by atoms with E-state index in [0.29, 0.717) is 5.88 Å². The Balaban J connectivity index is 1.97. The van der Waals surface area contributed by atoms with Gasteiger partial charge >= 0.3 is 0 Å². The second kappa shape index (κ2) is 6.28. The monoisotopic (exact) mass is 301 g/mol. The van der Waals surface area contributed by atoms with Gasteiger partial charge in [0.15, 0.2) is 4.96 Å². The van der Waals surface area contributed by atoms with Gasteiger partial charge in [0.2, 0.25) is 5.88 Å². The summed E-state index contributed by atoms with van der Waals surface area (Å²) in [5.74, 6) is 1.59. The van der Waals surface area contributed by atoms with Gasteiger partial charge in [-0.2, -0.15) is 4.98 Å². The number of ether oxygens (including phenoxy) is 1. The number of aromatic nitrogens is 2. The summed E-state index contributed by atoms with van der Waals surface area (Å²) in [5.41, 5.74) is 2.27. The van der Waals surface area contributed by atoms with Crippen molar-refractivity contribution in [2.45, 2.75) is 26.8 Å². The van der Waals surface area contributed by atoms with E-state index in [1.165, 1.54) is 5.56 Å². The van der Waals surface area contributed by atoms with Crippen LogP contribution in [0.3, 0.4) is 0 Å². The highest BCUT2D eigenvalue weighted by Crippen LogP contribution is 2.30. The third kappa shape index (κ3) is 2.80. The average molecular weight is 301 g/mol. The molecule has 1 aromatic carbocycles. The molecule has 2 heterocycles. The smallest absolute Gasteiger partial charge is 0.243 e. The van der Waals surface area contributed by atoms with Gasteiger partial charge in [0.05, 0.1) is 0 Å². The number of nitrogens with one attached hydrogen (secondary N) is 1. The quantitative estimate of drug-likeness (QED) is 0.751. The van der Waals surface area contributed by atoms with Crippen molar-refractivity contribution >= 4 is 16.3 Å². The topological polar surface area (TPSA) is 38.6 Å². The number of nitrogens with zero attached hydrogens (tertiary/aromatic N) is 2. The molecule has 0 fully saturated rings. The second-order valence-electron chi connectivity index (χ2n) is 4.76. The Bertz CT molecular complexity index is 732. The van der Waals surface area contributed by atoms with E-state index in [0.717, 1.165) is 35.9 Å². The first-order valence-electron chi connectivity index (χ1n) is 7.24. The van der Waals surface area contributed by atoms with Crippen molar-refractivity contribution in [2.24, 2.45) is 0 Å². The maximum Gasteiger partial charge on any atom is 0.243 e. The summed E-state index contributed by atoms with van der Waals surface area (Å²) in [6.45, 7) is 5.90. The van der Waals surface area contributed by atoms with Crippen molar-refractivity contribution in [3.63, 3.8) is 0 Å². The zero-order valence-corrected chi connectivity index (χ0v) is 13.1. The van der Waals surface area contributed by atoms with E-state index in [1.54, 1.807) is 11.3 Å². The predicted molar refractivity (Wildman–Crippen MR) is 86.3 cm³/mol. The molecular formula is C16H19N3OS. The van der Waals surface area contributed by atoms with Gasteiger partial charge in [-0.25, -0.2) is 0 Å². The summed E-state index contributed by atoms with van der Waals surface area (Å²) < 4.78 is 8.20. The lowest BCUT2D eigenvalue weighted by atomic mass is 10.1. The number of thiazole rings is 1. The van der Waals surface area contributed by atoms with Gasteiger partial charge in [0.25, 0.3) is 0 Å². The predicted octanol–water partition coefficient (Wildman–Crippen LogP) is 3.86. The van der Waals surface area contributed by atoms with Gasteiger partial charge in [0, 0.05) is 18.1 Å². The molecule has 1 N–H and O–H groups in total. The Morgan fingerprint density at radius 1 is 1.29 bits per heavy atom. The van der Waals surface area contributed by atoms with Crippen LogP contribution in [0.25, 0.3) is 4.96 Å². The van der Waals surface area contributed by atoms with Crippen LogP contribution in [0.15, 0.2) is 35.8 Å². The number of imidazole rings is 1. The molecule has 4 nitrogen and oxygen atoms in total. The van der Waals surface area contributed by atoms with Crippen molar-refractivity contribution in [1.82, 2.24) is 14.7 Å². The van der Waals surface area contributed by atoms with E-state index in [-0.39, 0.29) is 0 Å². The molecule has 0 aliphatic carbocycles. The van der Waals surface area contributed by atoms with Crippen LogP contribution >= 0.6 is 11.3 Å². The third-order valence-electron chi connectivity index (χ3n) is 3.43. The normalized spacial score (nSPS) is 11.1. The van der Waals surface area contributed by atoms with Crippen molar-refractivity contribution in [3.8, 4) is 11.6 Å². The van der Waals surface area contributed by atoms with Crippen LogP contribution in [0, 0.1) is 0 Å². The minimum Gasteiger partial charge on any atom is -0.437 e. The van der Waals surface area contributed by atoms with Gasteiger partial charge in [0.1, 0.15) is 11.4 Å². The minimum atomic E-state index is 0.698. The Morgan fingerprint density at radius 3 is 2.95 bits per heavy atom. The lowest BCUT2D eigenvalue weighted by Gasteiger charge is -2.09. The fourth-order valence-corrected chi connectivity index (χ4v) is 3.02. The lowest BCUT2D eigenvalue weighted by molar-refractivity contribution is 0.451. The molecule has 3 rings (SSSR count). The molecule has 0 spiro atoms. The first-order valence-corrected chi connectivity index (χ1v) is 8.12. The molecule has 0 radical (unpaired) electrons. The Kier molecular flexibility index (Phi) is 4.22. The largest absolute Gasteiger partial charge is 0.437 e. The minimum absolute atomic E-state index is 0.698. The number of fused-ring (bicyclic) bond motifs is 1. The van der Waals surface area contributed by atoms with E-state index in [2.05, 4.69) is 34.6 Å². The highest BCUT2D eigenvalue weighted by Gasteiger charge is 2.15. The molecule has 0 saturated heterocycles. The molecule has 0 saturated carbocycles. The number of benzene rings is 1. The van der Waals surface area contributed by atoms with E-state index < -0.39 is 0 Å². The molecule has 3 aromatic rings. The van der Waals surface area contributed by atoms with Gasteiger partial charge < -0.3 is 10.1 Å². The van der Waals surface area contributed by atoms with Crippen LogP contribution in [0.1, 0.15) is 25.1 Å². The summed E-state index contributed by atoms with van der Waals surface area (Å²) in [5, 5.41) is 5.39. The SMILES string of the molecule is CCNCc1c(Oc2ccccc2CC)nc2sccn12. The van der Waals surface area contributed by atoms with E-state index in [1.807, 2.05) is 29.8 Å². The lowest BCUT2D eigenvalue weighted by Crippen LogP contribution is -2.13. The van der Waals surface area contributed by atoms with Crippen LogP contribution in [-0.4, -0.2) is 15.9 Å². The molecule has 0 unspecified atom stereocenters. The van der Waals surface area contributed by atoms with Gasteiger partial charge in [-0.3, -0.25) is 4.40 Å². The molecule has 0 amide bonds. The van der Waals surface area contributed by atoms with E-state index in [9.17, 15) is 0 Å². The Morgan fingerprint density at radius 2 is 2.14 bits per heavy atom. The zero-order chi connectivity index (χ0) is 14.7. The van der Waals surface area contributed by atoms with Crippen LogP contribution < -0.4 is 10.1 Å². The van der Waals surface area contributed by atoms with Crippen LogP contribution in [0.5, 0.6) is 11.6 Å². The molecule has 0 bridgehead atoms. The number of hydrogen-bond donors (Lipinski definition) is 1. The molecule has 110 valence electrons. The summed E-state index contributed by atoms with van der Waals surface area (Å²) in [7, 11) is 0. The molecule has 21 heavy (non-hydrogen) atoms. The fourth-order valence-electron chi connectivity index (χ4n) is 2.30. The number of para-hydroxylation sites is 1. The Hall–Kier alpha value is -1.85. The molecular weight excluding hydrogens is 282 g/mol. The summed E-state index contributed by atoms with van der Waals surface area (Å²) in [6, 6.07) is 8.13. The van der Waals surface area contributed by atoms with Crippen molar-refractivity contribution in [2.75, 3.05) is 6.54 Å². The van der Waals surface area contributed by atoms with Crippen molar-refractivity contribution in [3.05, 3.63) is 47.1 Å². The van der Waals surface area contributed by atoms with Crippen LogP contribution in [0.4, 0.5) is 0 Å². The van der Waals surface area contributed by atoms with Crippen molar-refractivity contribution in [1.29, 1.82) is 0 Å². The summed E-state index contributed by atoms with van der Waals surface area (Å²) in [4.78, 5) is 5.58. The Labute approximate surface area is 128 Å².